The average Bonchev–Trinajstić information content (AvgIpc) is 3.41. The van der Waals surface area contributed by atoms with Gasteiger partial charge in [-0.3, -0.25) is 4.98 Å². The van der Waals surface area contributed by atoms with E-state index in [0.717, 1.165) is 36.9 Å². The Bertz CT molecular complexity index is 983. The van der Waals surface area contributed by atoms with Gasteiger partial charge in [0.05, 0.1) is 11.3 Å². The molecule has 1 fully saturated rings. The molecule has 1 aromatic carbocycles. The fourth-order valence-electron chi connectivity index (χ4n) is 3.62. The van der Waals surface area contributed by atoms with Crippen LogP contribution >= 0.6 is 0 Å². The molecular weight excluding hydrogens is 336 g/mol. The van der Waals surface area contributed by atoms with Gasteiger partial charge in [-0.1, -0.05) is 19.9 Å². The van der Waals surface area contributed by atoms with E-state index in [1.807, 2.05) is 12.3 Å². The van der Waals surface area contributed by atoms with E-state index in [4.69, 9.17) is 0 Å². The van der Waals surface area contributed by atoms with Crippen LogP contribution in [0.5, 0.6) is 0 Å². The van der Waals surface area contributed by atoms with Gasteiger partial charge in [-0.2, -0.15) is 0 Å². The summed E-state index contributed by atoms with van der Waals surface area (Å²) in [5.74, 6) is 0.299. The number of carboxylic acids is 1. The van der Waals surface area contributed by atoms with Gasteiger partial charge in [0.25, 0.3) is 0 Å². The molecule has 0 unspecified atom stereocenters. The summed E-state index contributed by atoms with van der Waals surface area (Å²) in [5.41, 5.74) is 4.38. The van der Waals surface area contributed by atoms with Gasteiger partial charge >= 0.3 is 5.97 Å². The molecule has 2 aromatic heterocycles. The van der Waals surface area contributed by atoms with Gasteiger partial charge in [-0.05, 0) is 71.9 Å². The maximum Gasteiger partial charge on any atom is 0.337 e. The van der Waals surface area contributed by atoms with Crippen LogP contribution in [0.2, 0.25) is 0 Å². The second-order valence-electron chi connectivity index (χ2n) is 8.10. The summed E-state index contributed by atoms with van der Waals surface area (Å²) in [6, 6.07) is 10.4. The number of benzene rings is 1. The molecule has 27 heavy (non-hydrogen) atoms. The third-order valence-corrected chi connectivity index (χ3v) is 5.42. The quantitative estimate of drug-likeness (QED) is 0.624. The zero-order chi connectivity index (χ0) is 19.0. The predicted molar refractivity (Wildman–Crippen MR) is 107 cm³/mol. The predicted octanol–water partition coefficient (Wildman–Crippen LogP) is 5.25. The standard InChI is InChI=1S/C23H26N2O2/c1-15(2)7-9-25-10-8-18-11-16(3-6-22(18)25)12-21-20(23(26)27)13-19(14-24-21)17-4-5-17/h3,6,8,10-11,13-15,17H,4-5,7,9,12H2,1-2H3,(H,26,27). The van der Waals surface area contributed by atoms with Gasteiger partial charge in [0.2, 0.25) is 0 Å². The third-order valence-electron chi connectivity index (χ3n) is 5.42. The molecule has 4 rings (SSSR count). The van der Waals surface area contributed by atoms with Crippen LogP contribution < -0.4 is 0 Å². The fourth-order valence-corrected chi connectivity index (χ4v) is 3.62. The average molecular weight is 362 g/mol. The molecule has 4 nitrogen and oxygen atoms in total. The lowest BCUT2D eigenvalue weighted by Crippen LogP contribution is -2.07. The van der Waals surface area contributed by atoms with E-state index in [9.17, 15) is 9.90 Å². The summed E-state index contributed by atoms with van der Waals surface area (Å²) in [7, 11) is 0. The Kier molecular flexibility index (Phi) is 4.73. The van der Waals surface area contributed by atoms with E-state index in [1.165, 1.54) is 10.9 Å². The van der Waals surface area contributed by atoms with Gasteiger partial charge in [-0.25, -0.2) is 4.79 Å². The highest BCUT2D eigenvalue weighted by molar-refractivity contribution is 5.89. The number of aromatic carboxylic acids is 1. The summed E-state index contributed by atoms with van der Waals surface area (Å²) >= 11 is 0. The van der Waals surface area contributed by atoms with Crippen molar-refractivity contribution in [2.75, 3.05) is 0 Å². The monoisotopic (exact) mass is 362 g/mol. The molecule has 3 aromatic rings. The van der Waals surface area contributed by atoms with Crippen molar-refractivity contribution in [1.82, 2.24) is 9.55 Å². The number of fused-ring (bicyclic) bond motifs is 1. The molecular formula is C23H26N2O2. The van der Waals surface area contributed by atoms with Crippen LogP contribution in [-0.4, -0.2) is 20.6 Å². The van der Waals surface area contributed by atoms with Crippen LogP contribution in [0.4, 0.5) is 0 Å². The Labute approximate surface area is 159 Å². The number of rotatable bonds is 7. The molecule has 1 aliphatic carbocycles. The van der Waals surface area contributed by atoms with Crippen molar-refractivity contribution in [3.8, 4) is 0 Å². The molecule has 1 saturated carbocycles. The smallest absolute Gasteiger partial charge is 0.337 e. The number of aryl methyl sites for hydroxylation is 1. The minimum Gasteiger partial charge on any atom is -0.478 e. The lowest BCUT2D eigenvalue weighted by molar-refractivity contribution is 0.0695. The number of aromatic nitrogens is 2. The van der Waals surface area contributed by atoms with E-state index < -0.39 is 5.97 Å². The van der Waals surface area contributed by atoms with Crippen LogP contribution in [0.1, 0.15) is 66.2 Å². The first kappa shape index (κ1) is 17.8. The second-order valence-corrected chi connectivity index (χ2v) is 8.10. The fraction of sp³-hybridized carbons (Fsp3) is 0.391. The van der Waals surface area contributed by atoms with E-state index in [1.54, 1.807) is 0 Å². The lowest BCUT2D eigenvalue weighted by atomic mass is 10.0. The maximum absolute atomic E-state index is 11.7. The lowest BCUT2D eigenvalue weighted by Gasteiger charge is -2.10. The van der Waals surface area contributed by atoms with Crippen molar-refractivity contribution >= 4 is 16.9 Å². The van der Waals surface area contributed by atoms with Crippen molar-refractivity contribution in [3.05, 3.63) is 65.1 Å². The summed E-state index contributed by atoms with van der Waals surface area (Å²) in [4.78, 5) is 16.2. The number of hydrogen-bond donors (Lipinski definition) is 1. The van der Waals surface area contributed by atoms with E-state index in [-0.39, 0.29) is 0 Å². The highest BCUT2D eigenvalue weighted by atomic mass is 16.4. The number of carbonyl (C=O) groups is 1. The van der Waals surface area contributed by atoms with E-state index in [2.05, 4.69) is 53.9 Å². The number of pyridine rings is 1. The Hall–Kier alpha value is -2.62. The molecule has 0 atom stereocenters. The third kappa shape index (κ3) is 3.90. The van der Waals surface area contributed by atoms with Gasteiger partial charge in [-0.15, -0.1) is 0 Å². The Morgan fingerprint density at radius 2 is 2.07 bits per heavy atom. The largest absolute Gasteiger partial charge is 0.478 e. The highest BCUT2D eigenvalue weighted by Gasteiger charge is 2.25. The summed E-state index contributed by atoms with van der Waals surface area (Å²) in [6.07, 6.45) is 7.99. The molecule has 0 amide bonds. The minimum atomic E-state index is -0.888. The topological polar surface area (TPSA) is 55.1 Å². The summed E-state index contributed by atoms with van der Waals surface area (Å²) in [5, 5.41) is 10.8. The molecule has 2 heterocycles. The van der Waals surface area contributed by atoms with E-state index >= 15 is 0 Å². The Morgan fingerprint density at radius 3 is 2.78 bits per heavy atom. The number of nitrogens with zero attached hydrogens (tertiary/aromatic N) is 2. The molecule has 0 aliphatic heterocycles. The minimum absolute atomic E-state index is 0.342. The molecule has 0 bridgehead atoms. The molecule has 0 saturated heterocycles. The SMILES string of the molecule is CC(C)CCn1ccc2cc(Cc3ncc(C4CC4)cc3C(=O)O)ccc21. The van der Waals surface area contributed by atoms with Gasteiger partial charge < -0.3 is 9.67 Å². The molecule has 140 valence electrons. The Morgan fingerprint density at radius 1 is 1.26 bits per heavy atom. The van der Waals surface area contributed by atoms with Crippen molar-refractivity contribution in [1.29, 1.82) is 0 Å². The molecule has 1 N–H and O–H groups in total. The second kappa shape index (κ2) is 7.18. The van der Waals surface area contributed by atoms with Crippen molar-refractivity contribution in [2.45, 2.75) is 52.0 Å². The van der Waals surface area contributed by atoms with Gasteiger partial charge in [0.1, 0.15) is 0 Å². The molecule has 0 spiro atoms. The van der Waals surface area contributed by atoms with Crippen LogP contribution in [0.3, 0.4) is 0 Å². The maximum atomic E-state index is 11.7. The van der Waals surface area contributed by atoms with Gasteiger partial charge in [0, 0.05) is 30.9 Å². The first-order chi connectivity index (χ1) is 13.0. The zero-order valence-corrected chi connectivity index (χ0v) is 16.0. The van der Waals surface area contributed by atoms with Crippen LogP contribution in [-0.2, 0) is 13.0 Å². The van der Waals surface area contributed by atoms with E-state index in [0.29, 0.717) is 29.5 Å². The normalized spacial score (nSPS) is 14.2. The van der Waals surface area contributed by atoms with Crippen LogP contribution in [0.25, 0.3) is 10.9 Å². The molecule has 0 radical (unpaired) electrons. The van der Waals surface area contributed by atoms with Crippen molar-refractivity contribution in [2.24, 2.45) is 5.92 Å². The molecule has 1 aliphatic rings. The van der Waals surface area contributed by atoms with Crippen molar-refractivity contribution < 1.29 is 9.90 Å². The first-order valence-electron chi connectivity index (χ1n) is 9.81. The summed E-state index contributed by atoms with van der Waals surface area (Å²) in [6.45, 7) is 5.50. The highest BCUT2D eigenvalue weighted by Crippen LogP contribution is 2.40. The van der Waals surface area contributed by atoms with Gasteiger partial charge in [0.15, 0.2) is 0 Å². The number of hydrogen-bond acceptors (Lipinski definition) is 2. The molecule has 4 heteroatoms. The van der Waals surface area contributed by atoms with Crippen LogP contribution in [0.15, 0.2) is 42.7 Å². The Balaban J connectivity index is 1.59. The first-order valence-corrected chi connectivity index (χ1v) is 9.81. The summed E-state index contributed by atoms with van der Waals surface area (Å²) < 4.78 is 2.30. The van der Waals surface area contributed by atoms with Crippen LogP contribution in [0, 0.1) is 5.92 Å². The zero-order valence-electron chi connectivity index (χ0n) is 16.0. The number of carboxylic acid groups (broad SMARTS) is 1. The van der Waals surface area contributed by atoms with Crippen molar-refractivity contribution in [3.63, 3.8) is 0 Å².